The van der Waals surface area contributed by atoms with Crippen molar-refractivity contribution in [3.8, 4) is 11.4 Å². The number of pyridine rings is 1. The van der Waals surface area contributed by atoms with Gasteiger partial charge >= 0.3 is 11.8 Å². The second kappa shape index (κ2) is 8.68. The van der Waals surface area contributed by atoms with Crippen LogP contribution in [0, 0.1) is 0 Å². The van der Waals surface area contributed by atoms with Crippen LogP contribution in [0.3, 0.4) is 0 Å². The van der Waals surface area contributed by atoms with Crippen LogP contribution in [-0.2, 0) is 0 Å². The summed E-state index contributed by atoms with van der Waals surface area (Å²) in [7, 11) is 0. The summed E-state index contributed by atoms with van der Waals surface area (Å²) >= 11 is 0. The molecular weight excluding hydrogens is 356 g/mol. The molecule has 2 aromatic rings. The van der Waals surface area contributed by atoms with Gasteiger partial charge in [0.2, 0.25) is 5.82 Å². The van der Waals surface area contributed by atoms with Crippen molar-refractivity contribution in [3.05, 3.63) is 24.2 Å². The summed E-state index contributed by atoms with van der Waals surface area (Å²) in [4.78, 5) is 28.0. The van der Waals surface area contributed by atoms with Gasteiger partial charge in [-0.25, -0.2) is 4.98 Å². The fraction of sp³-hybridized carbons (Fsp3) is 0.600. The largest absolute Gasteiger partial charge is 0.357 e. The van der Waals surface area contributed by atoms with E-state index in [-0.39, 0.29) is 11.8 Å². The normalized spacial score (nSPS) is 18.9. The molecule has 0 spiro atoms. The van der Waals surface area contributed by atoms with E-state index in [4.69, 9.17) is 4.52 Å². The average molecular weight is 384 g/mol. The van der Waals surface area contributed by atoms with Gasteiger partial charge in [0.1, 0.15) is 5.82 Å². The van der Waals surface area contributed by atoms with Crippen molar-refractivity contribution < 1.29 is 9.32 Å². The lowest BCUT2D eigenvalue weighted by Crippen LogP contribution is -2.48. The lowest BCUT2D eigenvalue weighted by Gasteiger charge is -2.33. The van der Waals surface area contributed by atoms with Gasteiger partial charge in [-0.3, -0.25) is 4.79 Å². The monoisotopic (exact) mass is 384 g/mol. The minimum atomic E-state index is -0.184. The van der Waals surface area contributed by atoms with Gasteiger partial charge in [0, 0.05) is 51.0 Å². The van der Waals surface area contributed by atoms with E-state index in [1.54, 1.807) is 11.1 Å². The van der Waals surface area contributed by atoms with Crippen LogP contribution in [0.15, 0.2) is 22.9 Å². The molecule has 0 unspecified atom stereocenters. The Bertz CT molecular complexity index is 791. The van der Waals surface area contributed by atoms with Gasteiger partial charge in [0.25, 0.3) is 0 Å². The number of carbonyl (C=O) groups excluding carboxylic acids is 1. The molecule has 2 aliphatic heterocycles. The number of carbonyl (C=O) groups is 1. The molecule has 0 aliphatic carbocycles. The zero-order valence-corrected chi connectivity index (χ0v) is 16.5. The zero-order chi connectivity index (χ0) is 19.3. The predicted octanol–water partition coefficient (Wildman–Crippen LogP) is 2.29. The zero-order valence-electron chi connectivity index (χ0n) is 16.5. The van der Waals surface area contributed by atoms with Gasteiger partial charge in [0.15, 0.2) is 0 Å². The standard InChI is InChI=1S/C20H28N6O2/c1-2-24-11-13-26(14-12-24)20(27)19-22-18(23-28-19)16-7-8-21-17(15-16)25-9-5-3-4-6-10-25/h7-8,15H,2-6,9-14H2,1H3. The fourth-order valence-corrected chi connectivity index (χ4v) is 3.86. The quantitative estimate of drug-likeness (QED) is 0.800. The highest BCUT2D eigenvalue weighted by molar-refractivity contribution is 5.90. The summed E-state index contributed by atoms with van der Waals surface area (Å²) in [6.07, 6.45) is 6.71. The number of hydrogen-bond acceptors (Lipinski definition) is 7. The van der Waals surface area contributed by atoms with E-state index < -0.39 is 0 Å². The van der Waals surface area contributed by atoms with E-state index >= 15 is 0 Å². The van der Waals surface area contributed by atoms with Gasteiger partial charge in [0.05, 0.1) is 0 Å². The number of nitrogens with zero attached hydrogens (tertiary/aromatic N) is 6. The van der Waals surface area contributed by atoms with Crippen LogP contribution >= 0.6 is 0 Å². The summed E-state index contributed by atoms with van der Waals surface area (Å²) < 4.78 is 5.29. The molecule has 0 aromatic carbocycles. The van der Waals surface area contributed by atoms with E-state index in [0.717, 1.165) is 44.1 Å². The second-order valence-corrected chi connectivity index (χ2v) is 7.45. The topological polar surface area (TPSA) is 78.6 Å². The summed E-state index contributed by atoms with van der Waals surface area (Å²) in [5.41, 5.74) is 0.827. The van der Waals surface area contributed by atoms with Crippen LogP contribution < -0.4 is 4.90 Å². The highest BCUT2D eigenvalue weighted by atomic mass is 16.5. The first kappa shape index (κ1) is 18.9. The molecule has 4 rings (SSSR count). The molecule has 2 aliphatic rings. The van der Waals surface area contributed by atoms with Crippen LogP contribution in [0.1, 0.15) is 43.3 Å². The molecular formula is C20H28N6O2. The molecule has 0 bridgehead atoms. The van der Waals surface area contributed by atoms with Crippen LogP contribution in [0.2, 0.25) is 0 Å². The van der Waals surface area contributed by atoms with Crippen molar-refractivity contribution in [3.63, 3.8) is 0 Å². The molecule has 4 heterocycles. The summed E-state index contributed by atoms with van der Waals surface area (Å²) in [6.45, 7) is 8.34. The maximum atomic E-state index is 12.7. The fourth-order valence-electron chi connectivity index (χ4n) is 3.86. The number of hydrogen-bond donors (Lipinski definition) is 0. The number of likely N-dealkylation sites (N-methyl/N-ethyl adjacent to an activating group) is 1. The molecule has 1 amide bonds. The molecule has 8 nitrogen and oxygen atoms in total. The number of rotatable bonds is 4. The first-order chi connectivity index (χ1) is 13.7. The van der Waals surface area contributed by atoms with Gasteiger partial charge in [-0.1, -0.05) is 24.9 Å². The van der Waals surface area contributed by atoms with Gasteiger partial charge in [-0.15, -0.1) is 0 Å². The van der Waals surface area contributed by atoms with Crippen LogP contribution in [0.25, 0.3) is 11.4 Å². The first-order valence-electron chi connectivity index (χ1n) is 10.3. The van der Waals surface area contributed by atoms with Gasteiger partial charge < -0.3 is 19.2 Å². The lowest BCUT2D eigenvalue weighted by atomic mass is 10.2. The molecule has 2 fully saturated rings. The molecule has 28 heavy (non-hydrogen) atoms. The Morgan fingerprint density at radius 3 is 2.54 bits per heavy atom. The van der Waals surface area contributed by atoms with E-state index in [2.05, 4.69) is 31.8 Å². The Morgan fingerprint density at radius 2 is 1.82 bits per heavy atom. The molecule has 0 saturated carbocycles. The number of aromatic nitrogens is 3. The summed E-state index contributed by atoms with van der Waals surface area (Å²) in [5, 5.41) is 4.05. The molecule has 2 saturated heterocycles. The van der Waals surface area contributed by atoms with Gasteiger partial charge in [-0.2, -0.15) is 4.98 Å². The highest BCUT2D eigenvalue weighted by Crippen LogP contribution is 2.23. The predicted molar refractivity (Wildman–Crippen MR) is 106 cm³/mol. The Labute approximate surface area is 165 Å². The molecule has 0 atom stereocenters. The summed E-state index contributed by atoms with van der Waals surface area (Å²) in [6, 6.07) is 3.85. The Morgan fingerprint density at radius 1 is 1.07 bits per heavy atom. The van der Waals surface area contributed by atoms with Crippen molar-refractivity contribution in [2.24, 2.45) is 0 Å². The smallest absolute Gasteiger partial charge is 0.316 e. The van der Waals surface area contributed by atoms with Crippen LogP contribution in [0.4, 0.5) is 5.82 Å². The van der Waals surface area contributed by atoms with Crippen molar-refractivity contribution in [2.45, 2.75) is 32.6 Å². The maximum Gasteiger partial charge on any atom is 0.316 e. The highest BCUT2D eigenvalue weighted by Gasteiger charge is 2.26. The molecule has 0 radical (unpaired) electrons. The maximum absolute atomic E-state index is 12.7. The Hall–Kier alpha value is -2.48. The Kier molecular flexibility index (Phi) is 5.85. The lowest BCUT2D eigenvalue weighted by molar-refractivity contribution is 0.0595. The Balaban J connectivity index is 1.47. The van der Waals surface area contributed by atoms with E-state index in [1.807, 2.05) is 12.1 Å². The van der Waals surface area contributed by atoms with Crippen molar-refractivity contribution in [1.82, 2.24) is 24.9 Å². The second-order valence-electron chi connectivity index (χ2n) is 7.45. The molecule has 2 aromatic heterocycles. The van der Waals surface area contributed by atoms with E-state index in [9.17, 15) is 4.79 Å². The molecule has 0 N–H and O–H groups in total. The third kappa shape index (κ3) is 4.16. The number of amides is 1. The minimum Gasteiger partial charge on any atom is -0.357 e. The van der Waals surface area contributed by atoms with E-state index in [1.165, 1.54) is 25.7 Å². The minimum absolute atomic E-state index is 0.0630. The van der Waals surface area contributed by atoms with Crippen LogP contribution in [-0.4, -0.2) is 76.6 Å². The van der Waals surface area contributed by atoms with Crippen molar-refractivity contribution in [2.75, 3.05) is 50.7 Å². The SMILES string of the molecule is CCN1CCN(C(=O)c2nc(-c3ccnc(N4CCCCCC4)c3)no2)CC1. The molecule has 150 valence electrons. The number of piperazine rings is 1. The van der Waals surface area contributed by atoms with Gasteiger partial charge in [-0.05, 0) is 31.5 Å². The average Bonchev–Trinajstić information content (AvgIpc) is 3.09. The number of anilines is 1. The first-order valence-corrected chi connectivity index (χ1v) is 10.3. The van der Waals surface area contributed by atoms with Crippen LogP contribution in [0.5, 0.6) is 0 Å². The summed E-state index contributed by atoms with van der Waals surface area (Å²) in [5.74, 6) is 1.26. The van der Waals surface area contributed by atoms with Crippen molar-refractivity contribution >= 4 is 11.7 Å². The third-order valence-corrected chi connectivity index (χ3v) is 5.65. The van der Waals surface area contributed by atoms with E-state index in [0.29, 0.717) is 18.9 Å². The molecule has 8 heteroatoms. The third-order valence-electron chi connectivity index (χ3n) is 5.65. The van der Waals surface area contributed by atoms with Crippen molar-refractivity contribution in [1.29, 1.82) is 0 Å².